The van der Waals surface area contributed by atoms with E-state index in [2.05, 4.69) is 436 Å². The summed E-state index contributed by atoms with van der Waals surface area (Å²) in [5.74, 6) is 0. The van der Waals surface area contributed by atoms with Gasteiger partial charge in [0.05, 0.1) is 11.4 Å². The zero-order chi connectivity index (χ0) is 80.6. The van der Waals surface area contributed by atoms with E-state index >= 15 is 0 Å². The molecule has 26 rings (SSSR count). The van der Waals surface area contributed by atoms with Crippen molar-refractivity contribution < 1.29 is 8.83 Å². The Morgan fingerprint density at radius 1 is 0.180 bits per heavy atom. The Hall–Kier alpha value is -15.2. The van der Waals surface area contributed by atoms with Crippen LogP contribution < -0.4 is 9.80 Å². The number of thiophene rings is 2. The third-order valence-electron chi connectivity index (χ3n) is 25.1. The predicted octanol–water partition coefficient (Wildman–Crippen LogP) is 34.7. The summed E-state index contributed by atoms with van der Waals surface area (Å²) in [7, 11) is 0. The molecule has 572 valence electrons. The third kappa shape index (κ3) is 11.5. The number of hydrogen-bond donors (Lipinski definition) is 0. The maximum atomic E-state index is 6.86. The van der Waals surface area contributed by atoms with Crippen molar-refractivity contribution in [3.63, 3.8) is 0 Å². The summed E-state index contributed by atoms with van der Waals surface area (Å²) in [6, 6.07) is 149. The Bertz CT molecular complexity index is 8140. The minimum atomic E-state index is 0.883. The topological polar surface area (TPSA) is 32.8 Å². The van der Waals surface area contributed by atoms with Gasteiger partial charge in [-0.15, -0.1) is 22.7 Å². The highest BCUT2D eigenvalue weighted by atomic mass is 32.1. The van der Waals surface area contributed by atoms with Crippen LogP contribution >= 0.6 is 22.7 Å². The molecular weight excluding hydrogens is 1520 g/mol. The highest BCUT2D eigenvalue weighted by molar-refractivity contribution is 7.27. The lowest BCUT2D eigenvalue weighted by Gasteiger charge is -2.26. The van der Waals surface area contributed by atoms with Gasteiger partial charge in [-0.2, -0.15) is 0 Å². The molecule has 4 heterocycles. The first-order valence-electron chi connectivity index (χ1n) is 41.7. The van der Waals surface area contributed by atoms with Crippen LogP contribution in [0.25, 0.3) is 204 Å². The van der Waals surface area contributed by atoms with Gasteiger partial charge in [-0.3, -0.25) is 0 Å². The summed E-state index contributed by atoms with van der Waals surface area (Å²) in [5.41, 5.74) is 25.6. The van der Waals surface area contributed by atoms with Gasteiger partial charge in [0.1, 0.15) is 22.3 Å². The lowest BCUT2D eigenvalue weighted by atomic mass is 9.89. The van der Waals surface area contributed by atoms with Gasteiger partial charge in [0.2, 0.25) is 0 Å². The van der Waals surface area contributed by atoms with E-state index < -0.39 is 0 Å². The molecule has 0 atom stereocenters. The van der Waals surface area contributed by atoms with Crippen LogP contribution in [0.4, 0.5) is 34.1 Å². The molecule has 0 amide bonds. The number of rotatable bonds is 11. The summed E-state index contributed by atoms with van der Waals surface area (Å²) in [4.78, 5) is 4.61. The van der Waals surface area contributed by atoms with Crippen LogP contribution in [-0.4, -0.2) is 0 Å². The van der Waals surface area contributed by atoms with Crippen LogP contribution in [0.5, 0.6) is 0 Å². The molecule has 0 aliphatic heterocycles. The van der Waals surface area contributed by atoms with Gasteiger partial charge < -0.3 is 18.6 Å². The molecule has 22 aromatic carbocycles. The third-order valence-corrected chi connectivity index (χ3v) is 27.6. The minimum Gasteiger partial charge on any atom is -0.456 e. The number of benzene rings is 22. The molecule has 0 saturated heterocycles. The van der Waals surface area contributed by atoms with Crippen LogP contribution in [0.1, 0.15) is 11.1 Å². The van der Waals surface area contributed by atoms with Crippen molar-refractivity contribution in [2.45, 2.75) is 13.8 Å². The lowest BCUT2D eigenvalue weighted by molar-refractivity contribution is 0.669. The summed E-state index contributed by atoms with van der Waals surface area (Å²) >= 11 is 3.85. The van der Waals surface area contributed by atoms with Gasteiger partial charge in [-0.05, 0) is 243 Å². The second-order valence-corrected chi connectivity index (χ2v) is 34.1. The molecule has 4 aromatic heterocycles. The molecule has 0 aliphatic carbocycles. The Morgan fingerprint density at radius 3 is 1.02 bits per heavy atom. The molecule has 122 heavy (non-hydrogen) atoms. The molecule has 0 saturated carbocycles. The first kappa shape index (κ1) is 71.0. The fraction of sp³-hybridized carbons (Fsp3) is 0.0172. The van der Waals surface area contributed by atoms with Crippen molar-refractivity contribution in [2.75, 3.05) is 9.80 Å². The van der Waals surface area contributed by atoms with Crippen LogP contribution in [0.2, 0.25) is 0 Å². The molecule has 0 bridgehead atoms. The molecule has 0 N–H and O–H groups in total. The quantitative estimate of drug-likeness (QED) is 0.121. The Balaban J connectivity index is 0.000000105. The van der Waals surface area contributed by atoms with E-state index in [0.717, 1.165) is 56.5 Å². The standard InChI is InChI=1S/C42H28N2O.C42H24OS.C32H22S/c1-5-15-29(16-6-1)43(30-17-7-2-8-18-30)33-25-37-35-23-13-14-24-36(35)38-26-34(28-40-42(38)41(37)39(27-33)45-40)44(31-19-9-3-10-20-31)32-21-11-4-12-22-32;1-3-9-25(10-4-1)27-18-20-39-35(21-27)36-24-29(26-11-5-2-6-12-26)23-33(42(36)44-39)28-17-19-30-31-13-7-15-37-40(31)41-32(34(30)22-28)14-8-16-38(41)43-37;1-19-9-3-5-11-21(19)27-17-15-25-23-13-7-8-14-24(23)26-16-18-28(22-12-6-4-10-20(22)2)32-30(26)29(25)31(27)33-32/h1-28H;1-24H;3-18H,1-2H3. The van der Waals surface area contributed by atoms with E-state index in [4.69, 9.17) is 8.83 Å². The number of furan rings is 2. The molecule has 0 aliphatic rings. The van der Waals surface area contributed by atoms with Crippen molar-refractivity contribution in [3.8, 4) is 55.6 Å². The SMILES string of the molecule is Cc1ccccc1-c1ccc2c3ccccc3c3ccc(-c4ccccc4C)c4sc1c2c43.c1ccc(-c2ccc3sc4c(-c5ccc6c(c5)c5cccc7oc8cccc6c8c75)cc(-c5ccccc5)cc4c3c2)cc1.c1ccc(N(c2ccccc2)c2cc3oc4cc(N(c5ccccc5)c5ccccc5)cc5c6ccccc6c(c2)c3c45)cc1. The van der Waals surface area contributed by atoms with E-state index in [1.807, 2.05) is 22.7 Å². The van der Waals surface area contributed by atoms with Gasteiger partial charge in [0.25, 0.3) is 0 Å². The number of nitrogens with zero attached hydrogens (tertiary/aromatic N) is 2. The van der Waals surface area contributed by atoms with Crippen LogP contribution in [0.3, 0.4) is 0 Å². The Kier molecular flexibility index (Phi) is 16.8. The van der Waals surface area contributed by atoms with Crippen molar-refractivity contribution >= 4 is 206 Å². The molecule has 0 fully saturated rings. The first-order valence-corrected chi connectivity index (χ1v) is 43.4. The van der Waals surface area contributed by atoms with E-state index in [-0.39, 0.29) is 0 Å². The highest BCUT2D eigenvalue weighted by Gasteiger charge is 2.27. The number of anilines is 6. The zero-order valence-electron chi connectivity index (χ0n) is 66.8. The van der Waals surface area contributed by atoms with E-state index in [1.54, 1.807) is 0 Å². The van der Waals surface area contributed by atoms with Gasteiger partial charge >= 0.3 is 0 Å². The lowest BCUT2D eigenvalue weighted by Crippen LogP contribution is -2.09. The van der Waals surface area contributed by atoms with Crippen molar-refractivity contribution in [1.82, 2.24) is 0 Å². The number of aryl methyl sites for hydroxylation is 2. The summed E-state index contributed by atoms with van der Waals surface area (Å²) < 4.78 is 18.6. The van der Waals surface area contributed by atoms with Crippen molar-refractivity contribution in [1.29, 1.82) is 0 Å². The fourth-order valence-electron chi connectivity index (χ4n) is 19.6. The molecule has 26 aromatic rings. The minimum absolute atomic E-state index is 0.883. The van der Waals surface area contributed by atoms with Crippen molar-refractivity contribution in [2.24, 2.45) is 0 Å². The maximum absolute atomic E-state index is 6.86. The zero-order valence-corrected chi connectivity index (χ0v) is 68.4. The molecule has 0 radical (unpaired) electrons. The van der Waals surface area contributed by atoms with Crippen molar-refractivity contribution in [3.05, 3.63) is 424 Å². The average molecular weight is 1590 g/mol. The monoisotopic (exact) mass is 1590 g/mol. The molecule has 0 unspecified atom stereocenters. The summed E-state index contributed by atoms with van der Waals surface area (Å²) in [6.07, 6.45) is 0. The van der Waals surface area contributed by atoms with Crippen LogP contribution in [0.15, 0.2) is 421 Å². The first-order chi connectivity index (χ1) is 60.3. The average Bonchev–Trinajstić information content (AvgIpc) is 1.53. The highest BCUT2D eigenvalue weighted by Crippen LogP contribution is 2.55. The van der Waals surface area contributed by atoms with Crippen LogP contribution in [-0.2, 0) is 0 Å². The van der Waals surface area contributed by atoms with E-state index in [0.29, 0.717) is 0 Å². The van der Waals surface area contributed by atoms with Gasteiger partial charge in [0, 0.05) is 102 Å². The Morgan fingerprint density at radius 2 is 0.541 bits per heavy atom. The number of para-hydroxylation sites is 4. The second kappa shape index (κ2) is 28.8. The smallest absolute Gasteiger partial charge is 0.138 e. The molecule has 4 nitrogen and oxygen atoms in total. The normalized spacial score (nSPS) is 11.9. The van der Waals surface area contributed by atoms with E-state index in [9.17, 15) is 0 Å². The van der Waals surface area contributed by atoms with E-state index in [1.165, 1.54) is 193 Å². The summed E-state index contributed by atoms with van der Waals surface area (Å²) in [6.45, 7) is 4.43. The maximum Gasteiger partial charge on any atom is 0.138 e. The fourth-order valence-corrected chi connectivity index (χ4v) is 22.2. The predicted molar refractivity (Wildman–Crippen MR) is 524 cm³/mol. The van der Waals surface area contributed by atoms with Gasteiger partial charge in [-0.1, -0.05) is 297 Å². The second-order valence-electron chi connectivity index (χ2n) is 32.1. The van der Waals surface area contributed by atoms with Gasteiger partial charge in [-0.25, -0.2) is 0 Å². The molecule has 6 heteroatoms. The molecule has 0 spiro atoms. The number of fused-ring (bicyclic) bond motifs is 12. The van der Waals surface area contributed by atoms with Gasteiger partial charge in [0.15, 0.2) is 0 Å². The summed E-state index contributed by atoms with van der Waals surface area (Å²) in [5, 5.41) is 25.5. The number of hydrogen-bond acceptors (Lipinski definition) is 6. The Labute approximate surface area is 712 Å². The van der Waals surface area contributed by atoms with Crippen LogP contribution in [0, 0.1) is 13.8 Å². The largest absolute Gasteiger partial charge is 0.456 e. The molecular formula is C116H74N2O2S2.